The van der Waals surface area contributed by atoms with Gasteiger partial charge in [-0.3, -0.25) is 4.79 Å². The van der Waals surface area contributed by atoms with Crippen molar-refractivity contribution in [1.29, 1.82) is 0 Å². The highest BCUT2D eigenvalue weighted by atomic mass is 32.1. The third-order valence-corrected chi connectivity index (χ3v) is 4.36. The van der Waals surface area contributed by atoms with Gasteiger partial charge < -0.3 is 15.5 Å². The first-order chi connectivity index (χ1) is 12.2. The van der Waals surface area contributed by atoms with Crippen LogP contribution in [0.2, 0.25) is 0 Å². The molecule has 0 spiro atoms. The normalized spacial score (nSPS) is 13.8. The first-order valence-electron chi connectivity index (χ1n) is 7.74. The summed E-state index contributed by atoms with van der Waals surface area (Å²) in [4.78, 5) is 27.3. The minimum Gasteiger partial charge on any atom is -0.479 e. The van der Waals surface area contributed by atoms with Gasteiger partial charge in [-0.15, -0.1) is 11.3 Å². The summed E-state index contributed by atoms with van der Waals surface area (Å²) in [5, 5.41) is 23.2. The fourth-order valence-electron chi connectivity index (χ4n) is 2.34. The lowest BCUT2D eigenvalue weighted by Gasteiger charge is -2.23. The minimum absolute atomic E-state index is 0.0240. The van der Waals surface area contributed by atoms with Gasteiger partial charge in [0.05, 0.1) is 17.2 Å². The molecule has 140 valence electrons. The summed E-state index contributed by atoms with van der Waals surface area (Å²) >= 11 is 1.38. The topological polar surface area (TPSA) is 99.5 Å². The predicted octanol–water partition coefficient (Wildman–Crippen LogP) is 2.49. The Morgan fingerprint density at radius 1 is 1.38 bits per heavy atom. The quantitative estimate of drug-likeness (QED) is 0.649. The van der Waals surface area contributed by atoms with Crippen molar-refractivity contribution in [1.82, 2.24) is 10.3 Å². The molecule has 6 nitrogen and oxygen atoms in total. The van der Waals surface area contributed by atoms with Crippen LogP contribution in [0, 0.1) is 0 Å². The van der Waals surface area contributed by atoms with Gasteiger partial charge in [0.15, 0.2) is 6.10 Å². The maximum absolute atomic E-state index is 13.5. The third kappa shape index (κ3) is 5.30. The number of benzene rings is 1. The number of hydrogen-bond acceptors (Lipinski definition) is 5. The lowest BCUT2D eigenvalue weighted by Crippen LogP contribution is -2.40. The SMILES string of the molecule is CC(F)(F)c1cccc(C(NC(=O)CCc2cscn2)C(O)C(=O)O)c1. The van der Waals surface area contributed by atoms with Crippen LogP contribution in [-0.2, 0) is 21.9 Å². The zero-order valence-corrected chi connectivity index (χ0v) is 14.7. The van der Waals surface area contributed by atoms with Crippen LogP contribution >= 0.6 is 11.3 Å². The van der Waals surface area contributed by atoms with Crippen molar-refractivity contribution in [3.63, 3.8) is 0 Å². The minimum atomic E-state index is -3.14. The van der Waals surface area contributed by atoms with Gasteiger partial charge >= 0.3 is 5.97 Å². The largest absolute Gasteiger partial charge is 0.479 e. The highest BCUT2D eigenvalue weighted by Gasteiger charge is 2.31. The molecule has 0 fully saturated rings. The molecule has 0 bridgehead atoms. The molecule has 0 aliphatic carbocycles. The summed E-state index contributed by atoms with van der Waals surface area (Å²) in [7, 11) is 0. The second-order valence-corrected chi connectivity index (χ2v) is 6.54. The van der Waals surface area contributed by atoms with E-state index in [2.05, 4.69) is 10.3 Å². The Balaban J connectivity index is 2.18. The number of hydrogen-bond donors (Lipinski definition) is 3. The van der Waals surface area contributed by atoms with Crippen molar-refractivity contribution in [2.24, 2.45) is 0 Å². The van der Waals surface area contributed by atoms with E-state index >= 15 is 0 Å². The number of aliphatic hydroxyl groups excluding tert-OH is 1. The molecule has 1 amide bonds. The van der Waals surface area contributed by atoms with E-state index in [0.717, 1.165) is 6.07 Å². The van der Waals surface area contributed by atoms with E-state index < -0.39 is 29.9 Å². The summed E-state index contributed by atoms with van der Waals surface area (Å²) in [6, 6.07) is 3.63. The smallest absolute Gasteiger partial charge is 0.335 e. The van der Waals surface area contributed by atoms with Gasteiger partial charge in [-0.2, -0.15) is 0 Å². The molecular formula is C17H18F2N2O4S. The first kappa shape index (κ1) is 19.9. The monoisotopic (exact) mass is 384 g/mol. The summed E-state index contributed by atoms with van der Waals surface area (Å²) in [5.74, 6) is -5.22. The van der Waals surface area contributed by atoms with Crippen LogP contribution in [0.1, 0.15) is 36.2 Å². The number of carboxylic acids is 1. The zero-order chi connectivity index (χ0) is 19.3. The molecule has 0 radical (unpaired) electrons. The molecule has 1 heterocycles. The van der Waals surface area contributed by atoms with E-state index in [1.165, 1.54) is 29.5 Å². The zero-order valence-electron chi connectivity index (χ0n) is 13.9. The molecule has 9 heteroatoms. The van der Waals surface area contributed by atoms with Gasteiger partial charge in [0.2, 0.25) is 5.91 Å². The van der Waals surface area contributed by atoms with Gasteiger partial charge in [0.25, 0.3) is 5.92 Å². The second-order valence-electron chi connectivity index (χ2n) is 5.82. The molecule has 1 aromatic carbocycles. The van der Waals surface area contributed by atoms with Gasteiger partial charge in [-0.1, -0.05) is 18.2 Å². The summed E-state index contributed by atoms with van der Waals surface area (Å²) < 4.78 is 27.1. The first-order valence-corrected chi connectivity index (χ1v) is 8.68. The fraction of sp³-hybridized carbons (Fsp3) is 0.353. The molecule has 0 aliphatic heterocycles. The Morgan fingerprint density at radius 3 is 2.69 bits per heavy atom. The number of rotatable bonds is 8. The number of halogens is 2. The Hall–Kier alpha value is -2.39. The summed E-state index contributed by atoms with van der Waals surface area (Å²) in [5.41, 5.74) is 2.09. The molecule has 0 saturated heterocycles. The number of alkyl halides is 2. The molecule has 2 rings (SSSR count). The van der Waals surface area contributed by atoms with Crippen LogP contribution in [0.3, 0.4) is 0 Å². The number of aliphatic carboxylic acids is 1. The Kier molecular flexibility index (Phi) is 6.38. The van der Waals surface area contributed by atoms with Gasteiger partial charge in [-0.25, -0.2) is 18.6 Å². The van der Waals surface area contributed by atoms with Crippen molar-refractivity contribution in [2.75, 3.05) is 0 Å². The van der Waals surface area contributed by atoms with Crippen LogP contribution in [0.4, 0.5) is 8.78 Å². The van der Waals surface area contributed by atoms with E-state index in [-0.39, 0.29) is 17.5 Å². The van der Waals surface area contributed by atoms with Crippen LogP contribution in [0.25, 0.3) is 0 Å². The highest BCUT2D eigenvalue weighted by molar-refractivity contribution is 7.07. The molecule has 2 atom stereocenters. The second kappa shape index (κ2) is 8.33. The number of thiazole rings is 1. The lowest BCUT2D eigenvalue weighted by molar-refractivity contribution is -0.148. The van der Waals surface area contributed by atoms with Crippen molar-refractivity contribution in [3.05, 3.63) is 52.0 Å². The number of aliphatic hydroxyl groups is 1. The molecule has 0 aliphatic rings. The molecule has 3 N–H and O–H groups in total. The van der Waals surface area contributed by atoms with Crippen LogP contribution in [0.5, 0.6) is 0 Å². The van der Waals surface area contributed by atoms with E-state index in [4.69, 9.17) is 5.11 Å². The standard InChI is InChI=1S/C17H18F2N2O4S/c1-17(18,19)11-4-2-3-10(7-11)14(15(23)16(24)25)21-13(22)6-5-12-8-26-9-20-12/h2-4,7-9,14-15,23H,5-6H2,1H3,(H,21,22)(H,24,25). The number of aryl methyl sites for hydroxylation is 1. The van der Waals surface area contributed by atoms with Gasteiger partial charge in [0.1, 0.15) is 0 Å². The van der Waals surface area contributed by atoms with E-state index in [1.807, 2.05) is 0 Å². The van der Waals surface area contributed by atoms with E-state index in [9.17, 15) is 23.5 Å². The van der Waals surface area contributed by atoms with E-state index in [1.54, 1.807) is 10.9 Å². The Bertz CT molecular complexity index is 762. The Labute approximate surface area is 152 Å². The molecule has 1 aromatic heterocycles. The maximum atomic E-state index is 13.5. The fourth-order valence-corrected chi connectivity index (χ4v) is 2.93. The number of nitrogens with zero attached hydrogens (tertiary/aromatic N) is 1. The van der Waals surface area contributed by atoms with Gasteiger partial charge in [0, 0.05) is 24.3 Å². The average Bonchev–Trinajstić information content (AvgIpc) is 3.10. The third-order valence-electron chi connectivity index (χ3n) is 3.73. The van der Waals surface area contributed by atoms with Crippen molar-refractivity contribution < 1.29 is 28.6 Å². The molecule has 26 heavy (non-hydrogen) atoms. The number of carbonyl (C=O) groups excluding carboxylic acids is 1. The lowest BCUT2D eigenvalue weighted by atomic mass is 9.97. The van der Waals surface area contributed by atoms with Crippen LogP contribution in [-0.4, -0.2) is 33.2 Å². The molecular weight excluding hydrogens is 366 g/mol. The van der Waals surface area contributed by atoms with Crippen LogP contribution < -0.4 is 5.32 Å². The average molecular weight is 384 g/mol. The van der Waals surface area contributed by atoms with E-state index in [0.29, 0.717) is 19.0 Å². The van der Waals surface area contributed by atoms with Crippen molar-refractivity contribution in [3.8, 4) is 0 Å². The van der Waals surface area contributed by atoms with Crippen molar-refractivity contribution >= 4 is 23.2 Å². The van der Waals surface area contributed by atoms with Crippen LogP contribution in [0.15, 0.2) is 35.2 Å². The number of carboxylic acid groups (broad SMARTS) is 1. The number of amides is 1. The highest BCUT2D eigenvalue weighted by Crippen LogP contribution is 2.29. The molecule has 0 saturated carbocycles. The van der Waals surface area contributed by atoms with Crippen molar-refractivity contribution in [2.45, 2.75) is 37.8 Å². The maximum Gasteiger partial charge on any atom is 0.335 e. The number of nitrogens with one attached hydrogen (secondary N) is 1. The summed E-state index contributed by atoms with van der Waals surface area (Å²) in [6.45, 7) is 0.710. The number of aromatic nitrogens is 1. The molecule has 2 unspecified atom stereocenters. The summed E-state index contributed by atoms with van der Waals surface area (Å²) in [6.07, 6.45) is -1.60. The molecule has 2 aromatic rings. The van der Waals surface area contributed by atoms with Gasteiger partial charge in [-0.05, 0) is 18.1 Å². The Morgan fingerprint density at radius 2 is 2.12 bits per heavy atom. The predicted molar refractivity (Wildman–Crippen MR) is 91.0 cm³/mol. The number of carbonyl (C=O) groups is 2.